The van der Waals surface area contributed by atoms with Crippen LogP contribution in [0.25, 0.3) is 0 Å². The number of aromatic nitrogens is 2. The van der Waals surface area contributed by atoms with Crippen LogP contribution in [0, 0.1) is 13.8 Å². The van der Waals surface area contributed by atoms with E-state index < -0.39 is 0 Å². The van der Waals surface area contributed by atoms with Gasteiger partial charge in [0.05, 0.1) is 5.69 Å². The first-order chi connectivity index (χ1) is 9.33. The Hall–Kier alpha value is -1.13. The van der Waals surface area contributed by atoms with Crippen molar-refractivity contribution in [2.45, 2.75) is 46.1 Å². The van der Waals surface area contributed by atoms with Crippen LogP contribution in [-0.2, 0) is 12.5 Å². The van der Waals surface area contributed by atoms with Gasteiger partial charge in [-0.3, -0.25) is 4.68 Å². The average molecular weight is 291 g/mol. The number of hydrogen-bond acceptors (Lipinski definition) is 3. The Morgan fingerprint density at radius 1 is 1.40 bits per heavy atom. The van der Waals surface area contributed by atoms with Crippen molar-refractivity contribution in [2.24, 2.45) is 7.05 Å². The van der Waals surface area contributed by atoms with Crippen molar-refractivity contribution in [3.63, 3.8) is 0 Å². The summed E-state index contributed by atoms with van der Waals surface area (Å²) >= 11 is 1.83. The van der Waals surface area contributed by atoms with Crippen molar-refractivity contribution in [3.05, 3.63) is 39.3 Å². The van der Waals surface area contributed by atoms with E-state index in [1.807, 2.05) is 23.1 Å². The third-order valence-electron chi connectivity index (χ3n) is 4.04. The summed E-state index contributed by atoms with van der Waals surface area (Å²) < 4.78 is 1.97. The van der Waals surface area contributed by atoms with Gasteiger partial charge >= 0.3 is 0 Å². The maximum Gasteiger partial charge on any atom is 0.0644 e. The van der Waals surface area contributed by atoms with Gasteiger partial charge in [-0.15, -0.1) is 11.3 Å². The largest absolute Gasteiger partial charge is 0.309 e. The lowest BCUT2D eigenvalue weighted by atomic mass is 9.91. The van der Waals surface area contributed by atoms with Crippen molar-refractivity contribution >= 4 is 11.3 Å². The molecule has 0 radical (unpaired) electrons. The SMILES string of the molecule is Cc1nn(C)c(C)c1C(C)NCC(C)(C)c1cccs1. The fraction of sp³-hybridized carbons (Fsp3) is 0.562. The second-order valence-corrected chi connectivity index (χ2v) is 7.12. The van der Waals surface area contributed by atoms with E-state index >= 15 is 0 Å². The molecule has 4 heteroatoms. The Bertz CT molecular complexity index is 567. The Morgan fingerprint density at radius 2 is 2.10 bits per heavy atom. The third kappa shape index (κ3) is 2.96. The van der Waals surface area contributed by atoms with Crippen LogP contribution >= 0.6 is 11.3 Å². The van der Waals surface area contributed by atoms with E-state index in [0.717, 1.165) is 12.2 Å². The van der Waals surface area contributed by atoms with Crippen LogP contribution in [0.3, 0.4) is 0 Å². The fourth-order valence-corrected chi connectivity index (χ4v) is 3.53. The highest BCUT2D eigenvalue weighted by Gasteiger charge is 2.24. The van der Waals surface area contributed by atoms with E-state index in [4.69, 9.17) is 0 Å². The summed E-state index contributed by atoms with van der Waals surface area (Å²) in [6.07, 6.45) is 0. The van der Waals surface area contributed by atoms with E-state index in [1.165, 1.54) is 16.1 Å². The predicted octanol–water partition coefficient (Wildman–Crippen LogP) is 3.73. The lowest BCUT2D eigenvalue weighted by Crippen LogP contribution is -2.34. The van der Waals surface area contributed by atoms with Crippen LogP contribution in [0.1, 0.15) is 48.6 Å². The maximum absolute atomic E-state index is 4.50. The average Bonchev–Trinajstić information content (AvgIpc) is 2.97. The van der Waals surface area contributed by atoms with Gasteiger partial charge in [-0.05, 0) is 32.2 Å². The van der Waals surface area contributed by atoms with Crippen LogP contribution in [0.15, 0.2) is 17.5 Å². The molecule has 20 heavy (non-hydrogen) atoms. The van der Waals surface area contributed by atoms with Crippen molar-refractivity contribution in [1.82, 2.24) is 15.1 Å². The summed E-state index contributed by atoms with van der Waals surface area (Å²) in [5.41, 5.74) is 3.86. The Labute approximate surface area is 126 Å². The van der Waals surface area contributed by atoms with E-state index in [0.29, 0.717) is 6.04 Å². The minimum absolute atomic E-state index is 0.159. The molecule has 1 atom stereocenters. The fourth-order valence-electron chi connectivity index (χ4n) is 2.68. The molecule has 0 saturated heterocycles. The summed E-state index contributed by atoms with van der Waals surface area (Å²) in [4.78, 5) is 1.43. The molecule has 0 amide bonds. The normalized spacial score (nSPS) is 13.7. The Balaban J connectivity index is 2.07. The molecule has 3 nitrogen and oxygen atoms in total. The molecule has 0 fully saturated rings. The summed E-state index contributed by atoms with van der Waals surface area (Å²) in [5.74, 6) is 0. The van der Waals surface area contributed by atoms with Crippen LogP contribution in [0.2, 0.25) is 0 Å². The van der Waals surface area contributed by atoms with Crippen LogP contribution in [0.5, 0.6) is 0 Å². The highest BCUT2D eigenvalue weighted by Crippen LogP contribution is 2.28. The van der Waals surface area contributed by atoms with Crippen molar-refractivity contribution < 1.29 is 0 Å². The van der Waals surface area contributed by atoms with Gasteiger partial charge in [-0.1, -0.05) is 19.9 Å². The van der Waals surface area contributed by atoms with Crippen molar-refractivity contribution in [2.75, 3.05) is 6.54 Å². The zero-order valence-corrected chi connectivity index (χ0v) is 14.1. The monoisotopic (exact) mass is 291 g/mol. The second-order valence-electron chi connectivity index (χ2n) is 6.17. The minimum atomic E-state index is 0.159. The molecule has 1 N–H and O–H groups in total. The minimum Gasteiger partial charge on any atom is -0.309 e. The zero-order valence-electron chi connectivity index (χ0n) is 13.3. The first kappa shape index (κ1) is 15.3. The number of nitrogens with zero attached hydrogens (tertiary/aromatic N) is 2. The molecule has 2 rings (SSSR count). The summed E-state index contributed by atoms with van der Waals surface area (Å²) in [7, 11) is 2.01. The van der Waals surface area contributed by atoms with Gasteiger partial charge in [-0.25, -0.2) is 0 Å². The van der Waals surface area contributed by atoms with Crippen LogP contribution in [-0.4, -0.2) is 16.3 Å². The molecule has 0 aliphatic heterocycles. The summed E-state index contributed by atoms with van der Waals surface area (Å²) in [5, 5.41) is 10.3. The molecule has 0 aromatic carbocycles. The Kier molecular flexibility index (Phi) is 4.35. The molecule has 2 aromatic heterocycles. The van der Waals surface area contributed by atoms with Gasteiger partial charge in [0.15, 0.2) is 0 Å². The van der Waals surface area contributed by atoms with Gasteiger partial charge in [0, 0.05) is 41.2 Å². The molecule has 0 aliphatic rings. The number of nitrogens with one attached hydrogen (secondary N) is 1. The molecule has 110 valence electrons. The third-order valence-corrected chi connectivity index (χ3v) is 5.27. The molecular weight excluding hydrogens is 266 g/mol. The van der Waals surface area contributed by atoms with Gasteiger partial charge in [0.1, 0.15) is 0 Å². The standard InChI is InChI=1S/C16H25N3S/c1-11(15-12(2)18-19(6)13(15)3)17-10-16(4,5)14-8-7-9-20-14/h7-9,11,17H,10H2,1-6H3. The quantitative estimate of drug-likeness (QED) is 0.909. The van der Waals surface area contributed by atoms with Crippen LogP contribution in [0.4, 0.5) is 0 Å². The van der Waals surface area contributed by atoms with Gasteiger partial charge < -0.3 is 5.32 Å². The molecule has 0 spiro atoms. The lowest BCUT2D eigenvalue weighted by Gasteiger charge is -2.26. The van der Waals surface area contributed by atoms with Crippen molar-refractivity contribution in [3.8, 4) is 0 Å². The molecule has 0 bridgehead atoms. The molecule has 0 saturated carbocycles. The van der Waals surface area contributed by atoms with Gasteiger partial charge in [-0.2, -0.15) is 5.10 Å². The topological polar surface area (TPSA) is 29.9 Å². The zero-order chi connectivity index (χ0) is 14.9. The first-order valence-corrected chi connectivity index (χ1v) is 7.98. The second kappa shape index (κ2) is 5.70. The molecule has 2 heterocycles. The molecule has 0 aliphatic carbocycles. The maximum atomic E-state index is 4.50. The Morgan fingerprint density at radius 3 is 2.60 bits per heavy atom. The van der Waals surface area contributed by atoms with E-state index in [2.05, 4.69) is 62.5 Å². The number of thiophene rings is 1. The number of hydrogen-bond donors (Lipinski definition) is 1. The summed E-state index contributed by atoms with van der Waals surface area (Å²) in [6.45, 7) is 12.0. The van der Waals surface area contributed by atoms with E-state index in [9.17, 15) is 0 Å². The smallest absolute Gasteiger partial charge is 0.0644 e. The lowest BCUT2D eigenvalue weighted by molar-refractivity contribution is 0.440. The van der Waals surface area contributed by atoms with E-state index in [-0.39, 0.29) is 5.41 Å². The number of rotatable bonds is 5. The van der Waals surface area contributed by atoms with Gasteiger partial charge in [0.2, 0.25) is 0 Å². The molecular formula is C16H25N3S. The van der Waals surface area contributed by atoms with Gasteiger partial charge in [0.25, 0.3) is 0 Å². The van der Waals surface area contributed by atoms with Crippen molar-refractivity contribution in [1.29, 1.82) is 0 Å². The first-order valence-electron chi connectivity index (χ1n) is 7.10. The molecule has 1 unspecified atom stereocenters. The highest BCUT2D eigenvalue weighted by atomic mass is 32.1. The van der Waals surface area contributed by atoms with E-state index in [1.54, 1.807) is 0 Å². The summed E-state index contributed by atoms with van der Waals surface area (Å²) in [6, 6.07) is 4.67. The predicted molar refractivity (Wildman–Crippen MR) is 86.4 cm³/mol. The molecule has 2 aromatic rings. The van der Waals surface area contributed by atoms with Crippen LogP contribution < -0.4 is 5.32 Å². The highest BCUT2D eigenvalue weighted by molar-refractivity contribution is 7.10. The number of aryl methyl sites for hydroxylation is 2.